The van der Waals surface area contributed by atoms with Gasteiger partial charge in [-0.2, -0.15) is 0 Å². The first kappa shape index (κ1) is 16.9. The number of thiazole rings is 1. The van der Waals surface area contributed by atoms with Crippen LogP contribution in [0.25, 0.3) is 16.2 Å². The van der Waals surface area contributed by atoms with Crippen molar-refractivity contribution in [2.24, 2.45) is 0 Å². The van der Waals surface area contributed by atoms with E-state index >= 15 is 0 Å². The number of nitrogens with zero attached hydrogens (tertiary/aromatic N) is 2. The van der Waals surface area contributed by atoms with Gasteiger partial charge in [-0.25, -0.2) is 9.78 Å². The third-order valence-electron chi connectivity index (χ3n) is 4.08. The lowest BCUT2D eigenvalue weighted by Crippen LogP contribution is -1.95. The minimum atomic E-state index is -1.00. The zero-order valence-electron chi connectivity index (χ0n) is 14.0. The molecule has 2 aromatic carbocycles. The van der Waals surface area contributed by atoms with Gasteiger partial charge in [-0.15, -0.1) is 23.1 Å². The summed E-state index contributed by atoms with van der Waals surface area (Å²) in [4.78, 5) is 17.3. The van der Waals surface area contributed by atoms with E-state index in [9.17, 15) is 9.90 Å². The lowest BCUT2D eigenvalue weighted by Gasteiger charge is -2.10. The molecule has 6 heteroatoms. The van der Waals surface area contributed by atoms with Crippen LogP contribution in [-0.2, 0) is 5.75 Å². The van der Waals surface area contributed by atoms with Gasteiger partial charge in [0, 0.05) is 27.8 Å². The van der Waals surface area contributed by atoms with Crippen molar-refractivity contribution < 1.29 is 9.90 Å². The van der Waals surface area contributed by atoms with Crippen molar-refractivity contribution in [3.63, 3.8) is 0 Å². The second kappa shape index (κ2) is 6.97. The Kier molecular flexibility index (Phi) is 4.53. The number of carboxylic acids is 1. The molecule has 0 fully saturated rings. The summed E-state index contributed by atoms with van der Waals surface area (Å²) in [6.45, 7) is 2.06. The number of rotatable bonds is 5. The Bertz CT molecular complexity index is 1080. The van der Waals surface area contributed by atoms with Gasteiger partial charge in [0.2, 0.25) is 0 Å². The summed E-state index contributed by atoms with van der Waals surface area (Å²) < 4.78 is 1.87. The standard InChI is InChI=1S/C20H16N2O2S2/c1-13-7-8-18(25-11-14-5-3-2-4-6-14)15(9-13)17-12-26-20-21-16(19(23)24)10-22(17)20/h2-10,12H,11H2,1H3,(H,23,24). The summed E-state index contributed by atoms with van der Waals surface area (Å²) in [7, 11) is 0. The minimum absolute atomic E-state index is 0.0734. The average Bonchev–Trinajstić information content (AvgIpc) is 3.22. The van der Waals surface area contributed by atoms with Gasteiger partial charge in [0.15, 0.2) is 10.7 Å². The largest absolute Gasteiger partial charge is 0.476 e. The van der Waals surface area contributed by atoms with E-state index in [0.29, 0.717) is 4.96 Å². The molecule has 0 aliphatic rings. The van der Waals surface area contributed by atoms with E-state index in [4.69, 9.17) is 0 Å². The van der Waals surface area contributed by atoms with E-state index in [1.807, 2.05) is 28.0 Å². The Hall–Kier alpha value is -2.57. The van der Waals surface area contributed by atoms with E-state index in [2.05, 4.69) is 42.2 Å². The van der Waals surface area contributed by atoms with Crippen molar-refractivity contribution in [2.75, 3.05) is 0 Å². The summed E-state index contributed by atoms with van der Waals surface area (Å²) in [5.41, 5.74) is 4.59. The van der Waals surface area contributed by atoms with Crippen LogP contribution in [0.3, 0.4) is 0 Å². The Labute approximate surface area is 159 Å². The lowest BCUT2D eigenvalue weighted by molar-refractivity contribution is 0.0691. The van der Waals surface area contributed by atoms with Gasteiger partial charge >= 0.3 is 5.97 Å². The summed E-state index contributed by atoms with van der Waals surface area (Å²) >= 11 is 3.24. The first-order valence-corrected chi connectivity index (χ1v) is 9.96. The summed E-state index contributed by atoms with van der Waals surface area (Å²) in [6.07, 6.45) is 1.59. The van der Waals surface area contributed by atoms with Crippen molar-refractivity contribution >= 4 is 34.0 Å². The molecule has 2 heterocycles. The molecular formula is C20H16N2O2S2. The van der Waals surface area contributed by atoms with Crippen LogP contribution in [0.2, 0.25) is 0 Å². The Morgan fingerprint density at radius 1 is 1.23 bits per heavy atom. The first-order chi connectivity index (χ1) is 12.6. The number of carbonyl (C=O) groups is 1. The van der Waals surface area contributed by atoms with Crippen LogP contribution in [0.1, 0.15) is 21.6 Å². The quantitative estimate of drug-likeness (QED) is 0.474. The average molecular weight is 380 g/mol. The van der Waals surface area contributed by atoms with Crippen LogP contribution in [0.4, 0.5) is 0 Å². The van der Waals surface area contributed by atoms with E-state index in [-0.39, 0.29) is 5.69 Å². The number of aromatic carboxylic acids is 1. The molecule has 26 heavy (non-hydrogen) atoms. The molecule has 0 atom stereocenters. The normalized spacial score (nSPS) is 11.1. The minimum Gasteiger partial charge on any atom is -0.476 e. The lowest BCUT2D eigenvalue weighted by atomic mass is 10.1. The first-order valence-electron chi connectivity index (χ1n) is 8.09. The number of thioether (sulfide) groups is 1. The van der Waals surface area contributed by atoms with Crippen LogP contribution in [0, 0.1) is 6.92 Å². The number of fused-ring (bicyclic) bond motifs is 1. The molecule has 0 aliphatic heterocycles. The maximum absolute atomic E-state index is 11.2. The fraction of sp³-hybridized carbons (Fsp3) is 0.100. The Balaban J connectivity index is 1.74. The molecule has 130 valence electrons. The van der Waals surface area contributed by atoms with Gasteiger partial charge in [0.1, 0.15) is 0 Å². The Morgan fingerprint density at radius 3 is 2.81 bits per heavy atom. The number of imidazole rings is 1. The molecular weight excluding hydrogens is 364 g/mol. The highest BCUT2D eigenvalue weighted by molar-refractivity contribution is 7.98. The topological polar surface area (TPSA) is 54.6 Å². The molecule has 2 aromatic heterocycles. The second-order valence-corrected chi connectivity index (χ2v) is 7.83. The van der Waals surface area contributed by atoms with E-state index < -0.39 is 5.97 Å². The van der Waals surface area contributed by atoms with Crippen LogP contribution < -0.4 is 0 Å². The third-order valence-corrected chi connectivity index (χ3v) is 6.06. The summed E-state index contributed by atoms with van der Waals surface area (Å²) in [6, 6.07) is 16.8. The van der Waals surface area contributed by atoms with Crippen LogP contribution in [0.5, 0.6) is 0 Å². The second-order valence-electron chi connectivity index (χ2n) is 5.98. The number of carboxylic acid groups (broad SMARTS) is 1. The van der Waals surface area contributed by atoms with Crippen molar-refractivity contribution in [1.29, 1.82) is 0 Å². The monoisotopic (exact) mass is 380 g/mol. The molecule has 4 aromatic rings. The number of benzene rings is 2. The zero-order valence-corrected chi connectivity index (χ0v) is 15.7. The Morgan fingerprint density at radius 2 is 2.04 bits per heavy atom. The molecule has 0 radical (unpaired) electrons. The smallest absolute Gasteiger partial charge is 0.356 e. The molecule has 0 bridgehead atoms. The van der Waals surface area contributed by atoms with Gasteiger partial charge in [-0.1, -0.05) is 42.0 Å². The molecule has 0 saturated heterocycles. The maximum Gasteiger partial charge on any atom is 0.356 e. The summed E-state index contributed by atoms with van der Waals surface area (Å²) in [5, 5.41) is 11.2. The van der Waals surface area contributed by atoms with Gasteiger partial charge in [0.25, 0.3) is 0 Å². The van der Waals surface area contributed by atoms with Gasteiger partial charge in [-0.05, 0) is 24.6 Å². The highest BCUT2D eigenvalue weighted by atomic mass is 32.2. The van der Waals surface area contributed by atoms with Gasteiger partial charge in [0.05, 0.1) is 5.69 Å². The SMILES string of the molecule is Cc1ccc(SCc2ccccc2)c(-c2csc3nc(C(=O)O)cn23)c1. The highest BCUT2D eigenvalue weighted by Gasteiger charge is 2.16. The van der Waals surface area contributed by atoms with Crippen molar-refractivity contribution in [3.05, 3.63) is 76.9 Å². The number of hydrogen-bond acceptors (Lipinski definition) is 4. The molecule has 0 amide bonds. The van der Waals surface area contributed by atoms with Crippen LogP contribution >= 0.6 is 23.1 Å². The van der Waals surface area contributed by atoms with E-state index in [1.54, 1.807) is 18.0 Å². The maximum atomic E-state index is 11.2. The number of aryl methyl sites for hydroxylation is 1. The molecule has 0 spiro atoms. The van der Waals surface area contributed by atoms with E-state index in [1.165, 1.54) is 27.4 Å². The number of hydrogen-bond donors (Lipinski definition) is 1. The van der Waals surface area contributed by atoms with Crippen LogP contribution in [-0.4, -0.2) is 20.5 Å². The molecule has 0 unspecified atom stereocenters. The number of aromatic nitrogens is 2. The van der Waals surface area contributed by atoms with E-state index in [0.717, 1.165) is 17.0 Å². The fourth-order valence-electron chi connectivity index (χ4n) is 2.79. The van der Waals surface area contributed by atoms with Crippen molar-refractivity contribution in [3.8, 4) is 11.3 Å². The fourth-order valence-corrected chi connectivity index (χ4v) is 4.66. The third kappa shape index (κ3) is 3.25. The van der Waals surface area contributed by atoms with Crippen molar-refractivity contribution in [2.45, 2.75) is 17.6 Å². The molecule has 1 N–H and O–H groups in total. The summed E-state index contributed by atoms with van der Waals surface area (Å²) in [5.74, 6) is -0.121. The van der Waals surface area contributed by atoms with Gasteiger partial charge in [-0.3, -0.25) is 4.40 Å². The molecule has 4 nitrogen and oxygen atoms in total. The molecule has 0 aliphatic carbocycles. The van der Waals surface area contributed by atoms with Gasteiger partial charge < -0.3 is 5.11 Å². The van der Waals surface area contributed by atoms with Crippen molar-refractivity contribution in [1.82, 2.24) is 9.38 Å². The highest BCUT2D eigenvalue weighted by Crippen LogP contribution is 2.36. The zero-order chi connectivity index (χ0) is 18.1. The van der Waals surface area contributed by atoms with Crippen LogP contribution in [0.15, 0.2) is 65.0 Å². The molecule has 0 saturated carbocycles. The predicted octanol–water partition coefficient (Wildman–Crippen LogP) is 5.36. The molecule has 4 rings (SSSR count). The predicted molar refractivity (Wildman–Crippen MR) is 106 cm³/mol.